The third-order valence-corrected chi connectivity index (χ3v) is 2.09. The predicted octanol–water partition coefficient (Wildman–Crippen LogP) is 2.80. The van der Waals surface area contributed by atoms with E-state index in [1.807, 2.05) is 31.3 Å². The van der Waals surface area contributed by atoms with E-state index in [2.05, 4.69) is 11.4 Å². The molecule has 0 saturated heterocycles. The smallest absolute Gasteiger partial charge is 0.119 e. The van der Waals surface area contributed by atoms with Crippen molar-refractivity contribution in [3.63, 3.8) is 0 Å². The molecule has 1 N–H and O–H groups in total. The molecule has 0 aromatic heterocycles. The number of unbranched alkanes of at least 4 members (excludes halogenated alkanes) is 2. The summed E-state index contributed by atoms with van der Waals surface area (Å²) < 4.78 is 5.51. The highest BCUT2D eigenvalue weighted by atomic mass is 16.5. The molecule has 0 bridgehead atoms. The minimum Gasteiger partial charge on any atom is -0.494 e. The Morgan fingerprint density at radius 3 is 2.60 bits per heavy atom. The number of hydrogen-bond acceptors (Lipinski definition) is 3. The molecule has 80 valence electrons. The van der Waals surface area contributed by atoms with Crippen molar-refractivity contribution in [3.05, 3.63) is 24.3 Å². The molecule has 0 aliphatic heterocycles. The van der Waals surface area contributed by atoms with Crippen LogP contribution in [0.15, 0.2) is 24.3 Å². The van der Waals surface area contributed by atoms with Gasteiger partial charge >= 0.3 is 0 Å². The van der Waals surface area contributed by atoms with Crippen LogP contribution in [-0.4, -0.2) is 13.7 Å². The molecule has 0 unspecified atom stereocenters. The van der Waals surface area contributed by atoms with Crippen LogP contribution < -0.4 is 10.1 Å². The van der Waals surface area contributed by atoms with Gasteiger partial charge in [0.25, 0.3) is 0 Å². The normalized spacial score (nSPS) is 9.33. The molecule has 0 aliphatic rings. The van der Waals surface area contributed by atoms with Gasteiger partial charge in [-0.2, -0.15) is 5.26 Å². The first-order valence-corrected chi connectivity index (χ1v) is 5.14. The van der Waals surface area contributed by atoms with Gasteiger partial charge in [-0.15, -0.1) is 0 Å². The second kappa shape index (κ2) is 6.72. The highest BCUT2D eigenvalue weighted by molar-refractivity contribution is 5.45. The Bertz CT molecular complexity index is 313. The molecule has 0 radical (unpaired) electrons. The minimum atomic E-state index is 0.613. The van der Waals surface area contributed by atoms with Gasteiger partial charge < -0.3 is 10.1 Å². The van der Waals surface area contributed by atoms with Gasteiger partial charge in [-0.3, -0.25) is 0 Å². The number of hydrogen-bond donors (Lipinski definition) is 1. The Balaban J connectivity index is 2.23. The average Bonchev–Trinajstić information content (AvgIpc) is 2.30. The summed E-state index contributed by atoms with van der Waals surface area (Å²) >= 11 is 0. The van der Waals surface area contributed by atoms with E-state index < -0.39 is 0 Å². The third-order valence-electron chi connectivity index (χ3n) is 2.09. The lowest BCUT2D eigenvalue weighted by Crippen LogP contribution is -1.97. The summed E-state index contributed by atoms with van der Waals surface area (Å²) in [6.07, 6.45) is 2.45. The van der Waals surface area contributed by atoms with E-state index in [0.29, 0.717) is 13.0 Å². The lowest BCUT2D eigenvalue weighted by Gasteiger charge is -2.06. The number of ether oxygens (including phenoxy) is 1. The van der Waals surface area contributed by atoms with Crippen LogP contribution in [-0.2, 0) is 0 Å². The van der Waals surface area contributed by atoms with Crippen molar-refractivity contribution in [1.82, 2.24) is 0 Å². The maximum Gasteiger partial charge on any atom is 0.119 e. The zero-order chi connectivity index (χ0) is 10.9. The van der Waals surface area contributed by atoms with Crippen LogP contribution in [0.2, 0.25) is 0 Å². The number of anilines is 1. The fourth-order valence-corrected chi connectivity index (χ4v) is 1.21. The van der Waals surface area contributed by atoms with Crippen molar-refractivity contribution < 1.29 is 4.74 Å². The zero-order valence-electron chi connectivity index (χ0n) is 8.99. The monoisotopic (exact) mass is 204 g/mol. The van der Waals surface area contributed by atoms with Crippen LogP contribution in [0.25, 0.3) is 0 Å². The van der Waals surface area contributed by atoms with E-state index in [1.165, 1.54) is 0 Å². The van der Waals surface area contributed by atoms with Crippen LogP contribution in [0.3, 0.4) is 0 Å². The highest BCUT2D eigenvalue weighted by Gasteiger charge is 1.94. The van der Waals surface area contributed by atoms with Crippen LogP contribution in [0, 0.1) is 11.3 Å². The van der Waals surface area contributed by atoms with Crippen molar-refractivity contribution in [2.24, 2.45) is 0 Å². The standard InChI is InChI=1S/C12H16N2O/c1-14-11-5-7-12(8-6-11)15-10-4-2-3-9-13/h5-8,14H,2-4,10H2,1H3. The van der Waals surface area contributed by atoms with E-state index in [-0.39, 0.29) is 0 Å². The molecule has 1 aromatic carbocycles. The topological polar surface area (TPSA) is 45.0 Å². The maximum absolute atomic E-state index is 8.34. The van der Waals surface area contributed by atoms with Crippen molar-refractivity contribution in [2.75, 3.05) is 19.0 Å². The Morgan fingerprint density at radius 1 is 1.27 bits per heavy atom. The molecular formula is C12H16N2O. The summed E-state index contributed by atoms with van der Waals surface area (Å²) in [6.45, 7) is 0.681. The molecule has 0 spiro atoms. The van der Waals surface area contributed by atoms with Crippen molar-refractivity contribution >= 4 is 5.69 Å². The van der Waals surface area contributed by atoms with Gasteiger partial charge in [0, 0.05) is 19.2 Å². The third kappa shape index (κ3) is 4.37. The van der Waals surface area contributed by atoms with Gasteiger partial charge in [0.1, 0.15) is 5.75 Å². The Kier molecular flexibility index (Phi) is 5.10. The molecule has 0 atom stereocenters. The van der Waals surface area contributed by atoms with E-state index in [4.69, 9.17) is 10.00 Å². The van der Waals surface area contributed by atoms with Crippen LogP contribution in [0.5, 0.6) is 5.75 Å². The second-order valence-electron chi connectivity index (χ2n) is 3.24. The minimum absolute atomic E-state index is 0.613. The highest BCUT2D eigenvalue weighted by Crippen LogP contribution is 2.15. The van der Waals surface area contributed by atoms with Gasteiger partial charge in [-0.1, -0.05) is 0 Å². The largest absolute Gasteiger partial charge is 0.494 e. The van der Waals surface area contributed by atoms with Crippen LogP contribution >= 0.6 is 0 Å². The van der Waals surface area contributed by atoms with Crippen molar-refractivity contribution in [1.29, 1.82) is 5.26 Å². The Morgan fingerprint density at radius 2 is 2.00 bits per heavy atom. The van der Waals surface area contributed by atoms with Gasteiger partial charge in [-0.05, 0) is 37.1 Å². The lowest BCUT2D eigenvalue weighted by atomic mass is 10.2. The van der Waals surface area contributed by atoms with Crippen LogP contribution in [0.1, 0.15) is 19.3 Å². The molecule has 3 nitrogen and oxygen atoms in total. The number of nitrogens with zero attached hydrogens (tertiary/aromatic N) is 1. The summed E-state index contributed by atoms with van der Waals surface area (Å²) in [5.41, 5.74) is 1.08. The maximum atomic E-state index is 8.34. The van der Waals surface area contributed by atoms with Crippen LogP contribution in [0.4, 0.5) is 5.69 Å². The number of nitriles is 1. The van der Waals surface area contributed by atoms with Crippen molar-refractivity contribution in [2.45, 2.75) is 19.3 Å². The molecule has 0 fully saturated rings. The number of nitrogens with one attached hydrogen (secondary N) is 1. The van der Waals surface area contributed by atoms with E-state index in [9.17, 15) is 0 Å². The van der Waals surface area contributed by atoms with Crippen molar-refractivity contribution in [3.8, 4) is 11.8 Å². The fourth-order valence-electron chi connectivity index (χ4n) is 1.21. The van der Waals surface area contributed by atoms with Gasteiger partial charge in [0.2, 0.25) is 0 Å². The first kappa shape index (κ1) is 11.4. The molecular weight excluding hydrogens is 188 g/mol. The average molecular weight is 204 g/mol. The zero-order valence-corrected chi connectivity index (χ0v) is 8.99. The van der Waals surface area contributed by atoms with E-state index >= 15 is 0 Å². The first-order valence-electron chi connectivity index (χ1n) is 5.14. The quantitative estimate of drug-likeness (QED) is 0.725. The molecule has 0 amide bonds. The van der Waals surface area contributed by atoms with E-state index in [1.54, 1.807) is 0 Å². The second-order valence-corrected chi connectivity index (χ2v) is 3.24. The summed E-state index contributed by atoms with van der Waals surface area (Å²) in [7, 11) is 1.89. The summed E-state index contributed by atoms with van der Waals surface area (Å²) in [6, 6.07) is 9.95. The Hall–Kier alpha value is -1.69. The van der Waals surface area contributed by atoms with E-state index in [0.717, 1.165) is 24.3 Å². The van der Waals surface area contributed by atoms with Gasteiger partial charge in [0.05, 0.1) is 12.7 Å². The summed E-state index contributed by atoms with van der Waals surface area (Å²) in [4.78, 5) is 0. The molecule has 3 heteroatoms. The lowest BCUT2D eigenvalue weighted by molar-refractivity contribution is 0.307. The molecule has 1 rings (SSSR count). The summed E-state index contributed by atoms with van der Waals surface area (Å²) in [5, 5.41) is 11.4. The molecule has 0 saturated carbocycles. The molecule has 15 heavy (non-hydrogen) atoms. The molecule has 0 aliphatic carbocycles. The molecule has 0 heterocycles. The first-order chi connectivity index (χ1) is 7.36. The van der Waals surface area contributed by atoms with Gasteiger partial charge in [-0.25, -0.2) is 0 Å². The van der Waals surface area contributed by atoms with Gasteiger partial charge in [0.15, 0.2) is 0 Å². The summed E-state index contributed by atoms with van der Waals surface area (Å²) in [5.74, 6) is 0.881. The number of benzene rings is 1. The fraction of sp³-hybridized carbons (Fsp3) is 0.417. The molecule has 1 aromatic rings. The Labute approximate surface area is 90.7 Å². The SMILES string of the molecule is CNc1ccc(OCCCCC#N)cc1. The predicted molar refractivity (Wildman–Crippen MR) is 60.9 cm³/mol. The number of rotatable bonds is 6.